The number of amides is 1. The number of carbonyl (C=O) groups is 1. The fourth-order valence-corrected chi connectivity index (χ4v) is 2.96. The molecule has 1 aliphatic carbocycles. The highest BCUT2D eigenvalue weighted by Crippen LogP contribution is 2.28. The first-order chi connectivity index (χ1) is 9.90. The minimum atomic E-state index is -4.39. The SMILES string of the molecule is O=C(C1CCc2ccccc2C1)N(CCCl)CC(F)(F)F. The summed E-state index contributed by atoms with van der Waals surface area (Å²) in [6, 6.07) is 7.76. The molecular weight excluding hydrogens is 303 g/mol. The van der Waals surface area contributed by atoms with E-state index in [9.17, 15) is 18.0 Å². The van der Waals surface area contributed by atoms with Gasteiger partial charge in [0.1, 0.15) is 6.54 Å². The van der Waals surface area contributed by atoms with Gasteiger partial charge in [0.15, 0.2) is 0 Å². The fraction of sp³-hybridized carbons (Fsp3) is 0.533. The van der Waals surface area contributed by atoms with Crippen molar-refractivity contribution in [3.05, 3.63) is 35.4 Å². The van der Waals surface area contributed by atoms with Gasteiger partial charge in [-0.2, -0.15) is 13.2 Å². The zero-order valence-corrected chi connectivity index (χ0v) is 12.3. The van der Waals surface area contributed by atoms with E-state index in [4.69, 9.17) is 11.6 Å². The molecule has 2 nitrogen and oxygen atoms in total. The number of halogens is 4. The largest absolute Gasteiger partial charge is 0.406 e. The van der Waals surface area contributed by atoms with Gasteiger partial charge in [0.25, 0.3) is 0 Å². The number of benzene rings is 1. The second kappa shape index (κ2) is 6.69. The lowest BCUT2D eigenvalue weighted by atomic mass is 9.83. The van der Waals surface area contributed by atoms with E-state index < -0.39 is 18.6 Å². The maximum Gasteiger partial charge on any atom is 0.406 e. The predicted molar refractivity (Wildman–Crippen MR) is 75.3 cm³/mol. The lowest BCUT2D eigenvalue weighted by molar-refractivity contribution is -0.163. The van der Waals surface area contributed by atoms with Gasteiger partial charge in [0.2, 0.25) is 5.91 Å². The van der Waals surface area contributed by atoms with Crippen LogP contribution in [0.3, 0.4) is 0 Å². The van der Waals surface area contributed by atoms with Gasteiger partial charge in [-0.25, -0.2) is 0 Å². The molecule has 1 aromatic rings. The van der Waals surface area contributed by atoms with Gasteiger partial charge in [-0.15, -0.1) is 11.6 Å². The smallest absolute Gasteiger partial charge is 0.332 e. The first kappa shape index (κ1) is 16.1. The van der Waals surface area contributed by atoms with E-state index in [-0.39, 0.29) is 18.3 Å². The zero-order chi connectivity index (χ0) is 15.5. The van der Waals surface area contributed by atoms with E-state index in [0.29, 0.717) is 12.8 Å². The topological polar surface area (TPSA) is 20.3 Å². The average Bonchev–Trinajstić information content (AvgIpc) is 2.44. The highest BCUT2D eigenvalue weighted by atomic mass is 35.5. The Morgan fingerprint density at radius 1 is 1.29 bits per heavy atom. The summed E-state index contributed by atoms with van der Waals surface area (Å²) in [5.41, 5.74) is 2.24. The Morgan fingerprint density at radius 3 is 2.57 bits per heavy atom. The summed E-state index contributed by atoms with van der Waals surface area (Å²) < 4.78 is 37.7. The molecule has 1 unspecified atom stereocenters. The van der Waals surface area contributed by atoms with Gasteiger partial charge >= 0.3 is 6.18 Å². The van der Waals surface area contributed by atoms with Crippen LogP contribution in [0.1, 0.15) is 17.5 Å². The number of nitrogens with zero attached hydrogens (tertiary/aromatic N) is 1. The van der Waals surface area contributed by atoms with Crippen LogP contribution in [0.5, 0.6) is 0 Å². The Hall–Kier alpha value is -1.23. The maximum absolute atomic E-state index is 12.6. The van der Waals surface area contributed by atoms with Gasteiger partial charge in [-0.1, -0.05) is 24.3 Å². The molecule has 0 aromatic heterocycles. The van der Waals surface area contributed by atoms with Crippen molar-refractivity contribution in [1.29, 1.82) is 0 Å². The molecule has 116 valence electrons. The Labute approximate surface area is 126 Å². The first-order valence-electron chi connectivity index (χ1n) is 6.89. The Balaban J connectivity index is 2.08. The molecule has 0 radical (unpaired) electrons. The van der Waals surface area contributed by atoms with Crippen LogP contribution >= 0.6 is 11.6 Å². The highest BCUT2D eigenvalue weighted by Gasteiger charge is 2.36. The zero-order valence-electron chi connectivity index (χ0n) is 11.5. The molecule has 1 atom stereocenters. The number of aryl methyl sites for hydroxylation is 1. The van der Waals surface area contributed by atoms with Crippen molar-refractivity contribution >= 4 is 17.5 Å². The second-order valence-corrected chi connectivity index (χ2v) is 5.65. The van der Waals surface area contributed by atoms with Crippen molar-refractivity contribution in [3.8, 4) is 0 Å². The third kappa shape index (κ3) is 4.37. The van der Waals surface area contributed by atoms with Gasteiger partial charge < -0.3 is 4.90 Å². The van der Waals surface area contributed by atoms with Crippen molar-refractivity contribution in [3.63, 3.8) is 0 Å². The predicted octanol–water partition coefficient (Wildman–Crippen LogP) is 3.42. The quantitative estimate of drug-likeness (QED) is 0.779. The molecule has 0 heterocycles. The lowest BCUT2D eigenvalue weighted by Gasteiger charge is -2.30. The molecule has 2 rings (SSSR count). The molecule has 1 aliphatic rings. The monoisotopic (exact) mass is 319 g/mol. The van der Waals surface area contributed by atoms with Crippen molar-refractivity contribution in [1.82, 2.24) is 4.90 Å². The van der Waals surface area contributed by atoms with Crippen LogP contribution in [0.25, 0.3) is 0 Å². The summed E-state index contributed by atoms with van der Waals surface area (Å²) in [4.78, 5) is 13.2. The van der Waals surface area contributed by atoms with E-state index in [1.165, 1.54) is 5.56 Å². The van der Waals surface area contributed by atoms with Gasteiger partial charge in [0, 0.05) is 18.3 Å². The van der Waals surface area contributed by atoms with Crippen molar-refractivity contribution in [2.45, 2.75) is 25.4 Å². The minimum Gasteiger partial charge on any atom is -0.332 e. The van der Waals surface area contributed by atoms with Crippen LogP contribution in [-0.4, -0.2) is 36.0 Å². The van der Waals surface area contributed by atoms with Crippen molar-refractivity contribution in [2.24, 2.45) is 5.92 Å². The molecule has 0 N–H and O–H groups in total. The third-order valence-corrected chi connectivity index (χ3v) is 3.90. The fourth-order valence-electron chi connectivity index (χ4n) is 2.75. The summed E-state index contributed by atoms with van der Waals surface area (Å²) in [5.74, 6) is -0.821. The van der Waals surface area contributed by atoms with E-state index in [0.717, 1.165) is 16.9 Å². The standard InChI is InChI=1S/C15H17ClF3NO/c16-7-8-20(10-15(17,18)19)14(21)13-6-5-11-3-1-2-4-12(11)9-13/h1-4,13H,5-10H2. The molecule has 1 amide bonds. The van der Waals surface area contributed by atoms with E-state index in [1.54, 1.807) is 0 Å². The first-order valence-corrected chi connectivity index (χ1v) is 7.42. The molecule has 0 spiro atoms. The summed E-state index contributed by atoms with van der Waals surface area (Å²) in [6.07, 6.45) is -2.57. The van der Waals surface area contributed by atoms with E-state index in [1.807, 2.05) is 24.3 Å². The Bertz CT molecular complexity index is 504. The number of carbonyl (C=O) groups excluding carboxylic acids is 1. The molecule has 0 bridgehead atoms. The summed E-state index contributed by atoms with van der Waals surface area (Å²) in [7, 11) is 0. The number of rotatable bonds is 4. The number of fused-ring (bicyclic) bond motifs is 1. The summed E-state index contributed by atoms with van der Waals surface area (Å²) in [5, 5.41) is 0. The van der Waals surface area contributed by atoms with Crippen LogP contribution in [0, 0.1) is 5.92 Å². The Morgan fingerprint density at radius 2 is 1.95 bits per heavy atom. The van der Waals surface area contributed by atoms with Crippen LogP contribution in [-0.2, 0) is 17.6 Å². The number of alkyl halides is 4. The third-order valence-electron chi connectivity index (χ3n) is 3.73. The molecule has 0 saturated carbocycles. The molecule has 0 saturated heterocycles. The van der Waals surface area contributed by atoms with Crippen LogP contribution in [0.2, 0.25) is 0 Å². The molecule has 6 heteroatoms. The summed E-state index contributed by atoms with van der Waals surface area (Å²) in [6.45, 7) is -1.30. The second-order valence-electron chi connectivity index (χ2n) is 5.27. The normalized spacial score (nSPS) is 18.2. The number of hydrogen-bond acceptors (Lipinski definition) is 1. The van der Waals surface area contributed by atoms with Gasteiger partial charge in [-0.3, -0.25) is 4.79 Å². The van der Waals surface area contributed by atoms with Gasteiger partial charge in [-0.05, 0) is 30.4 Å². The van der Waals surface area contributed by atoms with Crippen molar-refractivity contribution in [2.75, 3.05) is 19.0 Å². The highest BCUT2D eigenvalue weighted by molar-refractivity contribution is 6.18. The molecule has 1 aromatic carbocycles. The van der Waals surface area contributed by atoms with Crippen LogP contribution in [0.4, 0.5) is 13.2 Å². The van der Waals surface area contributed by atoms with Crippen LogP contribution in [0.15, 0.2) is 24.3 Å². The molecule has 0 fully saturated rings. The van der Waals surface area contributed by atoms with E-state index in [2.05, 4.69) is 0 Å². The Kier molecular flexibility index (Phi) is 5.14. The molecule has 21 heavy (non-hydrogen) atoms. The lowest BCUT2D eigenvalue weighted by Crippen LogP contribution is -2.44. The molecular formula is C15H17ClF3NO. The number of hydrogen-bond donors (Lipinski definition) is 0. The van der Waals surface area contributed by atoms with E-state index >= 15 is 0 Å². The average molecular weight is 320 g/mol. The minimum absolute atomic E-state index is 0.00509. The summed E-state index contributed by atoms with van der Waals surface area (Å²) >= 11 is 5.53. The van der Waals surface area contributed by atoms with Crippen LogP contribution < -0.4 is 0 Å². The maximum atomic E-state index is 12.6. The van der Waals surface area contributed by atoms with Gasteiger partial charge in [0.05, 0.1) is 0 Å². The molecule has 0 aliphatic heterocycles. The van der Waals surface area contributed by atoms with Crippen molar-refractivity contribution < 1.29 is 18.0 Å².